The molecule has 1 aromatic carbocycles. The summed E-state index contributed by atoms with van der Waals surface area (Å²) >= 11 is 0.828. The Balaban J connectivity index is 1.60. The Hall–Kier alpha value is -4.01. The summed E-state index contributed by atoms with van der Waals surface area (Å²) in [4.78, 5) is 41.1. The summed E-state index contributed by atoms with van der Waals surface area (Å²) in [5.74, 6) is -4.43. The zero-order valence-electron chi connectivity index (χ0n) is 17.8. The molecule has 182 valence electrons. The van der Waals surface area contributed by atoms with Gasteiger partial charge in [0.25, 0.3) is 5.56 Å². The SMILES string of the molecule is Cn1c(=O)c2c(CC(=O)Nc3nc(-c4ccc(C(F)(F)F)c(F)c4F)cs3)cnnc2n(C)c1=O. The van der Waals surface area contributed by atoms with Gasteiger partial charge in [0.15, 0.2) is 22.4 Å². The van der Waals surface area contributed by atoms with Crippen molar-refractivity contribution in [2.75, 3.05) is 5.32 Å². The predicted molar refractivity (Wildman–Crippen MR) is 115 cm³/mol. The topological polar surface area (TPSA) is 112 Å². The summed E-state index contributed by atoms with van der Waals surface area (Å²) in [6.45, 7) is 0. The van der Waals surface area contributed by atoms with Crippen molar-refractivity contribution in [3.05, 3.63) is 67.3 Å². The summed E-state index contributed by atoms with van der Waals surface area (Å²) < 4.78 is 68.4. The summed E-state index contributed by atoms with van der Waals surface area (Å²) in [5, 5.41) is 11.1. The number of nitrogens with one attached hydrogen (secondary N) is 1. The third kappa shape index (κ3) is 4.29. The maximum Gasteiger partial charge on any atom is 0.419 e. The first-order valence-electron chi connectivity index (χ1n) is 9.61. The summed E-state index contributed by atoms with van der Waals surface area (Å²) in [6, 6.07) is 1.15. The average Bonchev–Trinajstić information content (AvgIpc) is 3.24. The third-order valence-corrected chi connectivity index (χ3v) is 5.84. The second kappa shape index (κ2) is 8.65. The van der Waals surface area contributed by atoms with E-state index in [9.17, 15) is 36.3 Å². The summed E-state index contributed by atoms with van der Waals surface area (Å²) in [6.07, 6.45) is -4.23. The Morgan fingerprint density at radius 2 is 1.83 bits per heavy atom. The number of carbonyl (C=O) groups is 1. The highest BCUT2D eigenvalue weighted by Crippen LogP contribution is 2.36. The summed E-state index contributed by atoms with van der Waals surface area (Å²) in [5.41, 5.74) is -3.57. The third-order valence-electron chi connectivity index (χ3n) is 5.09. The van der Waals surface area contributed by atoms with E-state index in [1.807, 2.05) is 0 Å². The quantitative estimate of drug-likeness (QED) is 0.421. The number of alkyl halides is 3. The number of nitrogens with zero attached hydrogens (tertiary/aromatic N) is 5. The van der Waals surface area contributed by atoms with E-state index in [2.05, 4.69) is 20.5 Å². The van der Waals surface area contributed by atoms with Crippen molar-refractivity contribution in [1.82, 2.24) is 24.3 Å². The lowest BCUT2D eigenvalue weighted by atomic mass is 10.1. The number of carbonyl (C=O) groups excluding carboxylic acids is 1. The van der Waals surface area contributed by atoms with E-state index in [0.717, 1.165) is 26.5 Å². The number of fused-ring (bicyclic) bond motifs is 1. The van der Waals surface area contributed by atoms with E-state index >= 15 is 0 Å². The van der Waals surface area contributed by atoms with Crippen LogP contribution >= 0.6 is 11.3 Å². The highest BCUT2D eigenvalue weighted by molar-refractivity contribution is 7.14. The second-order valence-electron chi connectivity index (χ2n) is 7.32. The molecule has 3 aromatic heterocycles. The molecular formula is C20H13F5N6O3S. The van der Waals surface area contributed by atoms with Crippen molar-refractivity contribution < 1.29 is 26.7 Å². The maximum atomic E-state index is 14.3. The second-order valence-corrected chi connectivity index (χ2v) is 8.18. The zero-order chi connectivity index (χ0) is 25.7. The Bertz CT molecular complexity index is 1610. The molecule has 0 atom stereocenters. The molecule has 0 unspecified atom stereocenters. The monoisotopic (exact) mass is 512 g/mol. The van der Waals surface area contributed by atoms with E-state index < -0.39 is 46.1 Å². The number of anilines is 1. The van der Waals surface area contributed by atoms with E-state index in [0.29, 0.717) is 6.07 Å². The molecule has 15 heteroatoms. The lowest BCUT2D eigenvalue weighted by molar-refractivity contribution is -0.140. The number of benzene rings is 1. The van der Waals surface area contributed by atoms with Crippen LogP contribution in [0.2, 0.25) is 0 Å². The fourth-order valence-corrected chi connectivity index (χ4v) is 4.07. The van der Waals surface area contributed by atoms with Gasteiger partial charge >= 0.3 is 11.9 Å². The number of thiazole rings is 1. The van der Waals surface area contributed by atoms with Crippen LogP contribution in [0.3, 0.4) is 0 Å². The van der Waals surface area contributed by atoms with Gasteiger partial charge in [0.1, 0.15) is 0 Å². The minimum absolute atomic E-state index is 0.0141. The molecule has 1 N–H and O–H groups in total. The van der Waals surface area contributed by atoms with Gasteiger partial charge in [-0.1, -0.05) is 0 Å². The number of aromatic nitrogens is 5. The van der Waals surface area contributed by atoms with Crippen molar-refractivity contribution in [1.29, 1.82) is 0 Å². The number of hydrogen-bond acceptors (Lipinski definition) is 7. The molecule has 0 radical (unpaired) electrons. The van der Waals surface area contributed by atoms with Crippen LogP contribution in [0.15, 0.2) is 33.3 Å². The van der Waals surface area contributed by atoms with Gasteiger partial charge in [0, 0.05) is 25.0 Å². The van der Waals surface area contributed by atoms with Gasteiger partial charge in [-0.2, -0.15) is 18.3 Å². The van der Waals surface area contributed by atoms with Gasteiger partial charge in [0.2, 0.25) is 5.91 Å². The Morgan fingerprint density at radius 3 is 2.51 bits per heavy atom. The molecule has 1 amide bonds. The van der Waals surface area contributed by atoms with Crippen molar-refractivity contribution in [2.24, 2.45) is 14.1 Å². The van der Waals surface area contributed by atoms with Gasteiger partial charge in [-0.25, -0.2) is 18.6 Å². The molecule has 0 aliphatic carbocycles. The highest BCUT2D eigenvalue weighted by atomic mass is 32.1. The molecule has 0 bridgehead atoms. The molecule has 3 heterocycles. The van der Waals surface area contributed by atoms with Gasteiger partial charge in [0.05, 0.1) is 29.3 Å². The molecule has 0 saturated heterocycles. The Labute approximate surface area is 195 Å². The molecule has 0 spiro atoms. The van der Waals surface area contributed by atoms with E-state index in [1.165, 1.54) is 25.7 Å². The molecule has 0 aliphatic rings. The predicted octanol–water partition coefficient (Wildman–Crippen LogP) is 2.63. The first-order valence-corrected chi connectivity index (χ1v) is 10.5. The normalized spacial score (nSPS) is 11.7. The minimum atomic E-state index is -5.07. The van der Waals surface area contributed by atoms with Crippen molar-refractivity contribution >= 4 is 33.4 Å². The van der Waals surface area contributed by atoms with Crippen LogP contribution < -0.4 is 16.6 Å². The molecule has 4 aromatic rings. The van der Waals surface area contributed by atoms with Crippen LogP contribution in [-0.2, 0) is 31.5 Å². The Kier molecular flexibility index (Phi) is 5.96. The standard InChI is InChI=1S/C20H13F5N6O3S/c1-30-16-13(17(33)31(2)19(30)34)8(6-26-29-16)5-12(32)28-18-27-11(7-35-18)9-3-4-10(20(23,24)25)15(22)14(9)21/h3-4,6-7H,5H2,1-2H3,(H,27,28,32). The van der Waals surface area contributed by atoms with Crippen LogP contribution in [0.25, 0.3) is 22.3 Å². The van der Waals surface area contributed by atoms with Crippen molar-refractivity contribution in [3.8, 4) is 11.3 Å². The Morgan fingerprint density at radius 1 is 1.11 bits per heavy atom. The molecule has 0 fully saturated rings. The van der Waals surface area contributed by atoms with E-state index in [4.69, 9.17) is 0 Å². The number of aryl methyl sites for hydroxylation is 1. The highest BCUT2D eigenvalue weighted by Gasteiger charge is 2.36. The molecule has 4 rings (SSSR count). The fourth-order valence-electron chi connectivity index (χ4n) is 3.34. The number of halogens is 5. The molecule has 0 saturated carbocycles. The lowest BCUT2D eigenvalue weighted by Crippen LogP contribution is -2.38. The van der Waals surface area contributed by atoms with Crippen LogP contribution in [-0.4, -0.2) is 30.2 Å². The first kappa shape index (κ1) is 24.1. The van der Waals surface area contributed by atoms with E-state index in [-0.39, 0.29) is 33.8 Å². The minimum Gasteiger partial charge on any atom is -0.302 e. The van der Waals surface area contributed by atoms with E-state index in [1.54, 1.807) is 0 Å². The number of hydrogen-bond donors (Lipinski definition) is 1. The van der Waals surface area contributed by atoms with Crippen LogP contribution in [0.4, 0.5) is 27.1 Å². The van der Waals surface area contributed by atoms with Crippen LogP contribution in [0, 0.1) is 11.6 Å². The smallest absolute Gasteiger partial charge is 0.302 e. The molecule has 35 heavy (non-hydrogen) atoms. The van der Waals surface area contributed by atoms with Crippen molar-refractivity contribution in [2.45, 2.75) is 12.6 Å². The fraction of sp³-hybridized carbons (Fsp3) is 0.200. The summed E-state index contributed by atoms with van der Waals surface area (Å²) in [7, 11) is 2.66. The molecule has 0 aliphatic heterocycles. The molecule has 9 nitrogen and oxygen atoms in total. The number of rotatable bonds is 4. The van der Waals surface area contributed by atoms with Gasteiger partial charge in [-0.15, -0.1) is 16.4 Å². The van der Waals surface area contributed by atoms with Crippen LogP contribution in [0.1, 0.15) is 11.1 Å². The number of amides is 1. The largest absolute Gasteiger partial charge is 0.419 e. The van der Waals surface area contributed by atoms with Gasteiger partial charge < -0.3 is 5.32 Å². The zero-order valence-corrected chi connectivity index (χ0v) is 18.6. The lowest BCUT2D eigenvalue weighted by Gasteiger charge is -2.10. The van der Waals surface area contributed by atoms with Crippen molar-refractivity contribution in [3.63, 3.8) is 0 Å². The van der Waals surface area contributed by atoms with Gasteiger partial charge in [-0.3, -0.25) is 18.7 Å². The van der Waals surface area contributed by atoms with Gasteiger partial charge in [-0.05, 0) is 17.7 Å². The maximum absolute atomic E-state index is 14.3. The average molecular weight is 512 g/mol. The van der Waals surface area contributed by atoms with Crippen LogP contribution in [0.5, 0.6) is 0 Å². The molecular weight excluding hydrogens is 499 g/mol. The first-order chi connectivity index (χ1) is 16.4.